The topological polar surface area (TPSA) is 33.1 Å². The first kappa shape index (κ1) is 23.0. The normalized spacial score (nSPS) is 11.4. The number of imidazole rings is 1. The summed E-state index contributed by atoms with van der Waals surface area (Å²) in [6.45, 7) is 1.55. The first-order valence-electron chi connectivity index (χ1n) is 9.35. The first-order valence-corrected chi connectivity index (χ1v) is 10.1. The highest BCUT2D eigenvalue weighted by Gasteiger charge is 2.31. The second kappa shape index (κ2) is 10.1. The Kier molecular flexibility index (Phi) is 7.50. The SMILES string of the molecule is Fc1ccc(CN(CCCn2ccnc2)C(=S)Nc2cc(C(F)(F)F)ccc2Cl)cc1. The van der Waals surface area contributed by atoms with E-state index in [0.717, 1.165) is 17.7 Å². The zero-order valence-corrected chi connectivity index (χ0v) is 17.8. The zero-order valence-electron chi connectivity index (χ0n) is 16.2. The quantitative estimate of drug-likeness (QED) is 0.340. The summed E-state index contributed by atoms with van der Waals surface area (Å²) in [5.74, 6) is -0.355. The standard InChI is InChI=1S/C21H19ClF4N4S/c22-18-7-4-16(21(24,25)26)12-19(18)28-20(31)30(10-1-9-29-11-8-27-14-29)13-15-2-5-17(23)6-3-15/h2-8,11-12,14H,1,9-10,13H2,(H,28,31). The molecule has 0 aliphatic heterocycles. The van der Waals surface area contributed by atoms with E-state index in [1.165, 1.54) is 18.2 Å². The molecule has 3 aromatic rings. The zero-order chi connectivity index (χ0) is 22.4. The number of hydrogen-bond acceptors (Lipinski definition) is 2. The van der Waals surface area contributed by atoms with E-state index in [9.17, 15) is 17.6 Å². The summed E-state index contributed by atoms with van der Waals surface area (Å²) < 4.78 is 54.3. The minimum Gasteiger partial charge on any atom is -0.345 e. The molecule has 1 aromatic heterocycles. The maximum absolute atomic E-state index is 13.2. The van der Waals surface area contributed by atoms with Crippen LogP contribution in [0.2, 0.25) is 5.02 Å². The summed E-state index contributed by atoms with van der Waals surface area (Å²) in [5.41, 5.74) is 0.0518. The number of benzene rings is 2. The molecule has 0 radical (unpaired) electrons. The van der Waals surface area contributed by atoms with Gasteiger partial charge in [-0.25, -0.2) is 9.37 Å². The Morgan fingerprint density at radius 1 is 1.16 bits per heavy atom. The predicted molar refractivity (Wildman–Crippen MR) is 116 cm³/mol. The van der Waals surface area contributed by atoms with E-state index in [0.29, 0.717) is 26.1 Å². The number of thiocarbonyl (C=S) groups is 1. The van der Waals surface area contributed by atoms with Gasteiger partial charge in [0.15, 0.2) is 5.11 Å². The number of alkyl halides is 3. The molecule has 0 aliphatic carbocycles. The average Bonchev–Trinajstić information content (AvgIpc) is 3.23. The van der Waals surface area contributed by atoms with Crippen LogP contribution in [0.3, 0.4) is 0 Å². The number of hydrogen-bond donors (Lipinski definition) is 1. The lowest BCUT2D eigenvalue weighted by atomic mass is 10.2. The van der Waals surface area contributed by atoms with Crippen LogP contribution in [0.1, 0.15) is 17.5 Å². The van der Waals surface area contributed by atoms with Gasteiger partial charge in [-0.1, -0.05) is 23.7 Å². The summed E-state index contributed by atoms with van der Waals surface area (Å²) in [4.78, 5) is 5.80. The van der Waals surface area contributed by atoms with Gasteiger partial charge in [-0.2, -0.15) is 13.2 Å². The maximum Gasteiger partial charge on any atom is 0.416 e. The third-order valence-electron chi connectivity index (χ3n) is 4.51. The molecule has 0 atom stereocenters. The van der Waals surface area contributed by atoms with Crippen molar-refractivity contribution in [1.29, 1.82) is 0 Å². The molecule has 0 unspecified atom stereocenters. The minimum absolute atomic E-state index is 0.0696. The summed E-state index contributed by atoms with van der Waals surface area (Å²) in [5, 5.41) is 3.17. The molecule has 0 saturated heterocycles. The van der Waals surface area contributed by atoms with Gasteiger partial charge in [0.1, 0.15) is 5.82 Å². The van der Waals surface area contributed by atoms with E-state index in [1.54, 1.807) is 29.6 Å². The molecule has 31 heavy (non-hydrogen) atoms. The van der Waals surface area contributed by atoms with Gasteiger partial charge in [0, 0.05) is 32.0 Å². The molecule has 0 amide bonds. The molecule has 1 N–H and O–H groups in total. The Bertz CT molecular complexity index is 1010. The molecule has 0 spiro atoms. The second-order valence-electron chi connectivity index (χ2n) is 6.82. The molecule has 10 heteroatoms. The maximum atomic E-state index is 13.2. The van der Waals surface area contributed by atoms with Gasteiger partial charge in [-0.15, -0.1) is 0 Å². The van der Waals surface area contributed by atoms with Crippen LogP contribution in [-0.4, -0.2) is 26.1 Å². The number of aromatic nitrogens is 2. The van der Waals surface area contributed by atoms with Crippen LogP contribution in [-0.2, 0) is 19.3 Å². The number of nitrogens with zero attached hydrogens (tertiary/aromatic N) is 3. The van der Waals surface area contributed by atoms with Gasteiger partial charge in [0.25, 0.3) is 0 Å². The van der Waals surface area contributed by atoms with E-state index in [1.807, 2.05) is 10.8 Å². The largest absolute Gasteiger partial charge is 0.416 e. The average molecular weight is 471 g/mol. The molecule has 0 fully saturated rings. The molecule has 0 saturated carbocycles. The van der Waals surface area contributed by atoms with Crippen molar-refractivity contribution in [2.75, 3.05) is 11.9 Å². The monoisotopic (exact) mass is 470 g/mol. The molecule has 3 rings (SSSR count). The van der Waals surface area contributed by atoms with E-state index in [2.05, 4.69) is 10.3 Å². The predicted octanol–water partition coefficient (Wildman–Crippen LogP) is 5.98. The highest BCUT2D eigenvalue weighted by Crippen LogP contribution is 2.34. The van der Waals surface area contributed by atoms with Gasteiger partial charge >= 0.3 is 6.18 Å². The molecule has 2 aromatic carbocycles. The fourth-order valence-corrected chi connectivity index (χ4v) is 3.35. The lowest BCUT2D eigenvalue weighted by molar-refractivity contribution is -0.137. The van der Waals surface area contributed by atoms with Gasteiger partial charge in [0.2, 0.25) is 0 Å². The summed E-state index contributed by atoms with van der Waals surface area (Å²) in [6.07, 6.45) is 1.42. The van der Waals surface area contributed by atoms with Gasteiger partial charge in [-0.05, 0) is 54.5 Å². The van der Waals surface area contributed by atoms with Crippen molar-refractivity contribution in [2.45, 2.75) is 25.7 Å². The lowest BCUT2D eigenvalue weighted by Crippen LogP contribution is -2.35. The van der Waals surface area contributed by atoms with Gasteiger partial charge in [0.05, 0.1) is 22.6 Å². The molecular weight excluding hydrogens is 452 g/mol. The molecule has 0 aliphatic rings. The van der Waals surface area contributed by atoms with Crippen molar-refractivity contribution in [3.63, 3.8) is 0 Å². The number of nitrogens with one attached hydrogen (secondary N) is 1. The van der Waals surface area contributed by atoms with E-state index in [-0.39, 0.29) is 21.6 Å². The third-order valence-corrected chi connectivity index (χ3v) is 5.20. The Labute approximate surface area is 187 Å². The van der Waals surface area contributed by atoms with Crippen molar-refractivity contribution in [1.82, 2.24) is 14.5 Å². The Balaban J connectivity index is 1.75. The Morgan fingerprint density at radius 3 is 2.55 bits per heavy atom. The molecule has 164 valence electrons. The lowest BCUT2D eigenvalue weighted by Gasteiger charge is -2.27. The van der Waals surface area contributed by atoms with Crippen LogP contribution in [0, 0.1) is 5.82 Å². The van der Waals surface area contributed by atoms with Crippen LogP contribution in [0.4, 0.5) is 23.2 Å². The number of anilines is 1. The number of aryl methyl sites for hydroxylation is 1. The first-order chi connectivity index (χ1) is 14.7. The minimum atomic E-state index is -4.50. The van der Waals surface area contributed by atoms with Crippen LogP contribution in [0.5, 0.6) is 0 Å². The van der Waals surface area contributed by atoms with Gasteiger partial charge in [-0.3, -0.25) is 0 Å². The third kappa shape index (κ3) is 6.67. The second-order valence-corrected chi connectivity index (χ2v) is 7.62. The summed E-state index contributed by atoms with van der Waals surface area (Å²) in [7, 11) is 0. The highest BCUT2D eigenvalue weighted by molar-refractivity contribution is 7.80. The Morgan fingerprint density at radius 2 is 1.90 bits per heavy atom. The fourth-order valence-electron chi connectivity index (χ4n) is 2.92. The van der Waals surface area contributed by atoms with Crippen molar-refractivity contribution in [3.8, 4) is 0 Å². The fraction of sp³-hybridized carbons (Fsp3) is 0.238. The summed E-state index contributed by atoms with van der Waals surface area (Å²) in [6, 6.07) is 8.99. The summed E-state index contributed by atoms with van der Waals surface area (Å²) >= 11 is 11.6. The highest BCUT2D eigenvalue weighted by atomic mass is 35.5. The smallest absolute Gasteiger partial charge is 0.345 e. The number of halogens is 5. The van der Waals surface area contributed by atoms with Crippen molar-refractivity contribution >= 4 is 34.6 Å². The van der Waals surface area contributed by atoms with Crippen LogP contribution < -0.4 is 5.32 Å². The molecular formula is C21H19ClF4N4S. The van der Waals surface area contributed by atoms with Crippen molar-refractivity contribution in [2.24, 2.45) is 0 Å². The molecule has 0 bridgehead atoms. The van der Waals surface area contributed by atoms with Crippen LogP contribution in [0.25, 0.3) is 0 Å². The number of rotatable bonds is 7. The van der Waals surface area contributed by atoms with E-state index < -0.39 is 11.7 Å². The van der Waals surface area contributed by atoms with Crippen molar-refractivity contribution in [3.05, 3.63) is 83.2 Å². The molecule has 4 nitrogen and oxygen atoms in total. The van der Waals surface area contributed by atoms with E-state index >= 15 is 0 Å². The molecule has 1 heterocycles. The van der Waals surface area contributed by atoms with Gasteiger partial charge < -0.3 is 14.8 Å². The van der Waals surface area contributed by atoms with Crippen LogP contribution in [0.15, 0.2) is 61.2 Å². The van der Waals surface area contributed by atoms with Crippen molar-refractivity contribution < 1.29 is 17.6 Å². The van der Waals surface area contributed by atoms with Crippen LogP contribution >= 0.6 is 23.8 Å². The Hall–Kier alpha value is -2.65. The van der Waals surface area contributed by atoms with E-state index in [4.69, 9.17) is 23.8 Å².